The molecule has 6 nitrogen and oxygen atoms in total. The van der Waals surface area contributed by atoms with Gasteiger partial charge < -0.3 is 10.1 Å². The first kappa shape index (κ1) is 17.8. The van der Waals surface area contributed by atoms with Gasteiger partial charge in [-0.2, -0.15) is 18.3 Å². The van der Waals surface area contributed by atoms with Crippen molar-refractivity contribution in [3.63, 3.8) is 0 Å². The summed E-state index contributed by atoms with van der Waals surface area (Å²) in [6.07, 6.45) is -2.68. The number of ether oxygens (including phenoxy) is 1. The molecule has 0 fully saturated rings. The summed E-state index contributed by atoms with van der Waals surface area (Å²) in [4.78, 5) is 16.0. The molecule has 2 heterocycles. The quantitative estimate of drug-likeness (QED) is 0.907. The molecular weight excluding hydrogens is 325 g/mol. The van der Waals surface area contributed by atoms with Crippen molar-refractivity contribution < 1.29 is 22.7 Å². The third-order valence-corrected chi connectivity index (χ3v) is 3.21. The van der Waals surface area contributed by atoms with Gasteiger partial charge in [0.2, 0.25) is 5.88 Å². The molecule has 0 aliphatic heterocycles. The number of aromatic nitrogens is 3. The molecule has 0 radical (unpaired) electrons. The maximum Gasteiger partial charge on any atom is 0.422 e. The van der Waals surface area contributed by atoms with E-state index in [1.165, 1.54) is 18.2 Å². The van der Waals surface area contributed by atoms with E-state index < -0.39 is 18.7 Å². The fourth-order valence-corrected chi connectivity index (χ4v) is 2.17. The van der Waals surface area contributed by atoms with Gasteiger partial charge in [-0.05, 0) is 19.9 Å². The van der Waals surface area contributed by atoms with Gasteiger partial charge in [0, 0.05) is 24.9 Å². The molecule has 0 bridgehead atoms. The summed E-state index contributed by atoms with van der Waals surface area (Å²) in [5.74, 6) is -0.770. The minimum Gasteiger partial charge on any atom is -0.468 e. The van der Waals surface area contributed by atoms with Crippen LogP contribution in [0.3, 0.4) is 0 Å². The summed E-state index contributed by atoms with van der Waals surface area (Å²) >= 11 is 0. The van der Waals surface area contributed by atoms with Gasteiger partial charge >= 0.3 is 6.18 Å². The molecule has 0 saturated carbocycles. The van der Waals surface area contributed by atoms with Gasteiger partial charge in [0.05, 0.1) is 11.7 Å². The van der Waals surface area contributed by atoms with E-state index in [1.54, 1.807) is 24.9 Å². The monoisotopic (exact) mass is 342 g/mol. The third kappa shape index (κ3) is 4.71. The maximum atomic E-state index is 12.2. The Balaban J connectivity index is 2.05. The summed E-state index contributed by atoms with van der Waals surface area (Å²) in [5.41, 5.74) is 1.60. The normalized spacial score (nSPS) is 12.8. The van der Waals surface area contributed by atoms with Crippen LogP contribution in [0, 0.1) is 6.92 Å². The van der Waals surface area contributed by atoms with Crippen molar-refractivity contribution in [1.82, 2.24) is 20.1 Å². The molecule has 2 aromatic rings. The van der Waals surface area contributed by atoms with Gasteiger partial charge in [-0.1, -0.05) is 6.07 Å². The van der Waals surface area contributed by atoms with E-state index in [-0.39, 0.29) is 17.6 Å². The predicted octanol–water partition coefficient (Wildman–Crippen LogP) is 2.56. The van der Waals surface area contributed by atoms with Crippen LogP contribution in [-0.2, 0) is 7.05 Å². The van der Waals surface area contributed by atoms with Gasteiger partial charge in [0.25, 0.3) is 5.91 Å². The molecule has 0 saturated heterocycles. The predicted molar refractivity (Wildman–Crippen MR) is 79.6 cm³/mol. The molecule has 0 spiro atoms. The third-order valence-electron chi connectivity index (χ3n) is 3.21. The molecule has 1 amide bonds. The standard InChI is InChI=1S/C15H17F3N4O2/c1-9(11-7-22(3)21-10(11)2)19-14(23)12-5-4-6-13(20-12)24-8-15(16,17)18/h4-7,9H,8H2,1-3H3,(H,19,23). The fraction of sp³-hybridized carbons (Fsp3) is 0.400. The minimum atomic E-state index is -4.47. The van der Waals surface area contributed by atoms with Crippen LogP contribution in [0.25, 0.3) is 0 Å². The Morgan fingerprint density at radius 2 is 2.12 bits per heavy atom. The molecule has 9 heteroatoms. The Bertz CT molecular complexity index is 728. The van der Waals surface area contributed by atoms with E-state index >= 15 is 0 Å². The lowest BCUT2D eigenvalue weighted by Crippen LogP contribution is -2.28. The van der Waals surface area contributed by atoms with Crippen LogP contribution in [0.2, 0.25) is 0 Å². The number of rotatable bonds is 5. The van der Waals surface area contributed by atoms with Crippen LogP contribution in [0.15, 0.2) is 24.4 Å². The van der Waals surface area contributed by atoms with Gasteiger partial charge in [0.15, 0.2) is 6.61 Å². The van der Waals surface area contributed by atoms with E-state index in [0.29, 0.717) is 0 Å². The first-order valence-electron chi connectivity index (χ1n) is 7.13. The summed E-state index contributed by atoms with van der Waals surface area (Å²) in [6.45, 7) is 2.14. The van der Waals surface area contributed by atoms with Crippen LogP contribution in [-0.4, -0.2) is 33.5 Å². The number of carbonyl (C=O) groups excluding carboxylic acids is 1. The molecule has 1 unspecified atom stereocenters. The summed E-state index contributed by atoms with van der Waals surface area (Å²) in [6, 6.07) is 3.75. The van der Waals surface area contributed by atoms with E-state index in [4.69, 9.17) is 0 Å². The molecular formula is C15H17F3N4O2. The van der Waals surface area contributed by atoms with Crippen molar-refractivity contribution in [2.45, 2.75) is 26.1 Å². The van der Waals surface area contributed by atoms with E-state index in [2.05, 4.69) is 20.1 Å². The second-order valence-electron chi connectivity index (χ2n) is 5.30. The average molecular weight is 342 g/mol. The Hall–Kier alpha value is -2.58. The number of amides is 1. The Morgan fingerprint density at radius 3 is 2.71 bits per heavy atom. The highest BCUT2D eigenvalue weighted by Crippen LogP contribution is 2.18. The molecule has 2 aromatic heterocycles. The number of alkyl halides is 3. The highest BCUT2D eigenvalue weighted by molar-refractivity contribution is 5.92. The first-order valence-corrected chi connectivity index (χ1v) is 7.13. The van der Waals surface area contributed by atoms with Crippen molar-refractivity contribution in [1.29, 1.82) is 0 Å². The van der Waals surface area contributed by atoms with Crippen LogP contribution in [0.5, 0.6) is 5.88 Å². The number of halogens is 3. The second-order valence-corrected chi connectivity index (χ2v) is 5.30. The molecule has 130 valence electrons. The van der Waals surface area contributed by atoms with E-state index in [0.717, 1.165) is 11.3 Å². The number of pyridine rings is 1. The average Bonchev–Trinajstić information content (AvgIpc) is 2.83. The van der Waals surface area contributed by atoms with Crippen molar-refractivity contribution in [2.75, 3.05) is 6.61 Å². The highest BCUT2D eigenvalue weighted by Gasteiger charge is 2.28. The number of hydrogen-bond donors (Lipinski definition) is 1. The van der Waals surface area contributed by atoms with Gasteiger partial charge in [-0.15, -0.1) is 0 Å². The molecule has 24 heavy (non-hydrogen) atoms. The molecule has 2 rings (SSSR count). The smallest absolute Gasteiger partial charge is 0.422 e. The zero-order valence-corrected chi connectivity index (χ0v) is 13.4. The second kappa shape index (κ2) is 6.90. The lowest BCUT2D eigenvalue weighted by molar-refractivity contribution is -0.154. The number of aryl methyl sites for hydroxylation is 2. The van der Waals surface area contributed by atoms with E-state index in [9.17, 15) is 18.0 Å². The lowest BCUT2D eigenvalue weighted by Gasteiger charge is -2.13. The lowest BCUT2D eigenvalue weighted by atomic mass is 10.1. The maximum absolute atomic E-state index is 12.2. The van der Waals surface area contributed by atoms with Crippen molar-refractivity contribution in [2.24, 2.45) is 7.05 Å². The number of nitrogens with zero attached hydrogens (tertiary/aromatic N) is 3. The molecule has 0 aliphatic rings. The summed E-state index contributed by atoms with van der Waals surface area (Å²) in [5, 5.41) is 6.93. The van der Waals surface area contributed by atoms with Crippen LogP contribution in [0.4, 0.5) is 13.2 Å². The topological polar surface area (TPSA) is 69.0 Å². The molecule has 1 atom stereocenters. The zero-order valence-electron chi connectivity index (χ0n) is 13.4. The van der Waals surface area contributed by atoms with Crippen LogP contribution >= 0.6 is 0 Å². The largest absolute Gasteiger partial charge is 0.468 e. The minimum absolute atomic E-state index is 0.0249. The van der Waals surface area contributed by atoms with Crippen molar-refractivity contribution in [3.05, 3.63) is 41.3 Å². The van der Waals surface area contributed by atoms with Gasteiger partial charge in [0.1, 0.15) is 5.69 Å². The van der Waals surface area contributed by atoms with Gasteiger partial charge in [-0.3, -0.25) is 9.48 Å². The molecule has 0 aliphatic carbocycles. The van der Waals surface area contributed by atoms with Crippen molar-refractivity contribution in [3.8, 4) is 5.88 Å². The van der Waals surface area contributed by atoms with Gasteiger partial charge in [-0.25, -0.2) is 4.98 Å². The number of carbonyl (C=O) groups is 1. The fourth-order valence-electron chi connectivity index (χ4n) is 2.17. The Kier molecular flexibility index (Phi) is 5.10. The van der Waals surface area contributed by atoms with E-state index in [1.807, 2.05) is 6.92 Å². The summed E-state index contributed by atoms with van der Waals surface area (Å²) < 4.78 is 42.7. The van der Waals surface area contributed by atoms with Crippen molar-refractivity contribution >= 4 is 5.91 Å². The number of hydrogen-bond acceptors (Lipinski definition) is 4. The number of nitrogens with one attached hydrogen (secondary N) is 1. The highest BCUT2D eigenvalue weighted by atomic mass is 19.4. The zero-order chi connectivity index (χ0) is 17.9. The van der Waals surface area contributed by atoms with Crippen LogP contribution < -0.4 is 10.1 Å². The first-order chi connectivity index (χ1) is 11.2. The molecule has 0 aromatic carbocycles. The molecule has 1 N–H and O–H groups in total. The Morgan fingerprint density at radius 1 is 1.42 bits per heavy atom. The Labute approximate surface area is 136 Å². The SMILES string of the molecule is Cc1nn(C)cc1C(C)NC(=O)c1cccc(OCC(F)(F)F)n1. The van der Waals surface area contributed by atoms with Crippen LogP contribution in [0.1, 0.15) is 34.7 Å². The summed E-state index contributed by atoms with van der Waals surface area (Å²) in [7, 11) is 1.77.